The van der Waals surface area contributed by atoms with E-state index >= 15 is 0 Å². The number of nitrogens with one attached hydrogen (secondary N) is 1. The maximum absolute atomic E-state index is 5.95. The number of ether oxygens (including phenoxy) is 1. The number of aromatic nitrogens is 2. The molecule has 1 aromatic heterocycles. The van der Waals surface area contributed by atoms with Gasteiger partial charge in [-0.3, -0.25) is 0 Å². The van der Waals surface area contributed by atoms with Gasteiger partial charge in [0.1, 0.15) is 12.3 Å². The van der Waals surface area contributed by atoms with Gasteiger partial charge < -0.3 is 4.74 Å². The molecule has 0 radical (unpaired) electrons. The van der Waals surface area contributed by atoms with Crippen molar-refractivity contribution in [1.29, 1.82) is 0 Å². The molecule has 0 aliphatic heterocycles. The Morgan fingerprint density at radius 1 is 0.808 bits per heavy atom. The number of H-pyrrole nitrogens is 1. The quantitative estimate of drug-likeness (QED) is 0.504. The third kappa shape index (κ3) is 3.67. The lowest BCUT2D eigenvalue weighted by molar-refractivity contribution is -0.670. The predicted octanol–water partition coefficient (Wildman–Crippen LogP) is 4.75. The van der Waals surface area contributed by atoms with E-state index in [1.165, 1.54) is 11.1 Å². The van der Waals surface area contributed by atoms with Crippen molar-refractivity contribution in [3.8, 4) is 5.75 Å². The molecule has 0 unspecified atom stereocenters. The molecule has 128 valence electrons. The van der Waals surface area contributed by atoms with Crippen LogP contribution in [-0.4, -0.2) is 4.98 Å². The van der Waals surface area contributed by atoms with Gasteiger partial charge in [0, 0.05) is 0 Å². The SMILES string of the molecule is C(=Cc1ccccc1)C[n+]1c(COc2ccccc2)[nH]c2ccccc21. The van der Waals surface area contributed by atoms with Crippen LogP contribution in [0.4, 0.5) is 0 Å². The Hall–Kier alpha value is -3.33. The Morgan fingerprint density at radius 3 is 2.31 bits per heavy atom. The molecule has 0 saturated heterocycles. The van der Waals surface area contributed by atoms with Crippen molar-refractivity contribution in [2.75, 3.05) is 0 Å². The zero-order chi connectivity index (χ0) is 17.6. The second-order valence-corrected chi connectivity index (χ2v) is 6.11. The summed E-state index contributed by atoms with van der Waals surface area (Å²) in [6.45, 7) is 1.28. The number of benzene rings is 3. The summed E-state index contributed by atoms with van der Waals surface area (Å²) >= 11 is 0. The van der Waals surface area contributed by atoms with Gasteiger partial charge in [-0.15, -0.1) is 0 Å². The number of fused-ring (bicyclic) bond motifs is 1. The highest BCUT2D eigenvalue weighted by Gasteiger charge is 2.17. The molecule has 0 fully saturated rings. The molecule has 3 aromatic carbocycles. The van der Waals surface area contributed by atoms with E-state index in [0.29, 0.717) is 6.61 Å². The molecule has 4 rings (SSSR count). The van der Waals surface area contributed by atoms with Crippen molar-refractivity contribution in [3.63, 3.8) is 0 Å². The van der Waals surface area contributed by atoms with Gasteiger partial charge in [-0.25, -0.2) is 9.55 Å². The Balaban J connectivity index is 1.58. The van der Waals surface area contributed by atoms with Crippen LogP contribution in [-0.2, 0) is 13.2 Å². The van der Waals surface area contributed by atoms with Crippen molar-refractivity contribution >= 4 is 17.1 Å². The van der Waals surface area contributed by atoms with E-state index in [2.05, 4.69) is 64.2 Å². The Bertz CT molecular complexity index is 1000. The predicted molar refractivity (Wildman–Crippen MR) is 105 cm³/mol. The Labute approximate surface area is 153 Å². The van der Waals surface area contributed by atoms with Crippen LogP contribution >= 0.6 is 0 Å². The number of para-hydroxylation sites is 3. The first-order chi connectivity index (χ1) is 12.9. The van der Waals surface area contributed by atoms with E-state index in [4.69, 9.17) is 4.74 Å². The van der Waals surface area contributed by atoms with Crippen LogP contribution in [0.3, 0.4) is 0 Å². The fourth-order valence-corrected chi connectivity index (χ4v) is 3.03. The van der Waals surface area contributed by atoms with E-state index in [1.54, 1.807) is 0 Å². The fourth-order valence-electron chi connectivity index (χ4n) is 3.03. The molecule has 4 aromatic rings. The maximum Gasteiger partial charge on any atom is 0.294 e. The molecule has 0 aliphatic rings. The van der Waals surface area contributed by atoms with Crippen molar-refractivity contribution in [2.24, 2.45) is 0 Å². The number of nitrogens with zero attached hydrogens (tertiary/aromatic N) is 1. The van der Waals surface area contributed by atoms with E-state index in [-0.39, 0.29) is 0 Å². The molecule has 3 heteroatoms. The van der Waals surface area contributed by atoms with Crippen LogP contribution < -0.4 is 9.30 Å². The smallest absolute Gasteiger partial charge is 0.294 e. The third-order valence-corrected chi connectivity index (χ3v) is 4.32. The highest BCUT2D eigenvalue weighted by Crippen LogP contribution is 2.13. The van der Waals surface area contributed by atoms with Crippen LogP contribution in [0.25, 0.3) is 17.1 Å². The van der Waals surface area contributed by atoms with E-state index in [0.717, 1.165) is 23.6 Å². The summed E-state index contributed by atoms with van der Waals surface area (Å²) in [4.78, 5) is 3.49. The van der Waals surface area contributed by atoms with Gasteiger partial charge in [0.25, 0.3) is 5.82 Å². The molecule has 0 aliphatic carbocycles. The van der Waals surface area contributed by atoms with Crippen LogP contribution in [0.2, 0.25) is 0 Å². The number of allylic oxidation sites excluding steroid dienone is 1. The number of hydrogen-bond acceptors (Lipinski definition) is 1. The normalized spacial score (nSPS) is 11.2. The number of imidazole rings is 1. The summed E-state index contributed by atoms with van der Waals surface area (Å²) in [7, 11) is 0. The zero-order valence-electron chi connectivity index (χ0n) is 14.5. The average Bonchev–Trinajstić information content (AvgIpc) is 3.06. The van der Waals surface area contributed by atoms with Crippen LogP contribution in [0.15, 0.2) is 91.0 Å². The number of aromatic amines is 1. The summed E-state index contributed by atoms with van der Waals surface area (Å²) in [6, 6.07) is 28.6. The molecule has 0 atom stereocenters. The summed E-state index contributed by atoms with van der Waals surface area (Å²) in [5, 5.41) is 0. The molecular formula is C23H21N2O+. The highest BCUT2D eigenvalue weighted by atomic mass is 16.5. The molecule has 3 nitrogen and oxygen atoms in total. The topological polar surface area (TPSA) is 28.9 Å². The first-order valence-corrected chi connectivity index (χ1v) is 8.79. The van der Waals surface area contributed by atoms with E-state index in [1.807, 2.05) is 42.5 Å². The van der Waals surface area contributed by atoms with Gasteiger partial charge in [-0.2, -0.15) is 0 Å². The molecule has 0 amide bonds. The van der Waals surface area contributed by atoms with Gasteiger partial charge in [0.15, 0.2) is 17.6 Å². The summed E-state index contributed by atoms with van der Waals surface area (Å²) in [6.07, 6.45) is 4.33. The fraction of sp³-hybridized carbons (Fsp3) is 0.0870. The first kappa shape index (κ1) is 16.2. The van der Waals surface area contributed by atoms with Gasteiger partial charge in [0.2, 0.25) is 0 Å². The minimum absolute atomic E-state index is 0.498. The minimum atomic E-state index is 0.498. The van der Waals surface area contributed by atoms with Crippen LogP contribution in [0.5, 0.6) is 5.75 Å². The molecule has 26 heavy (non-hydrogen) atoms. The minimum Gasteiger partial charge on any atom is -0.481 e. The molecule has 0 bridgehead atoms. The molecule has 0 spiro atoms. The summed E-state index contributed by atoms with van der Waals surface area (Å²) in [5.41, 5.74) is 3.50. The monoisotopic (exact) mass is 341 g/mol. The Kier molecular flexibility index (Phi) is 4.79. The summed E-state index contributed by atoms with van der Waals surface area (Å²) in [5.74, 6) is 1.92. The number of hydrogen-bond donors (Lipinski definition) is 1. The zero-order valence-corrected chi connectivity index (χ0v) is 14.5. The van der Waals surface area contributed by atoms with Crippen LogP contribution in [0, 0.1) is 0 Å². The van der Waals surface area contributed by atoms with Crippen molar-refractivity contribution in [3.05, 3.63) is 102 Å². The van der Waals surface area contributed by atoms with Gasteiger partial charge >= 0.3 is 0 Å². The second kappa shape index (κ2) is 7.70. The van der Waals surface area contributed by atoms with Gasteiger partial charge in [0.05, 0.1) is 0 Å². The Morgan fingerprint density at radius 2 is 1.50 bits per heavy atom. The lowest BCUT2D eigenvalue weighted by Crippen LogP contribution is -2.37. The standard InChI is InChI=1S/C23H20N2O/c1-3-10-19(11-4-1)12-9-17-25-22-16-8-7-15-21(22)24-23(25)18-26-20-13-5-2-6-14-20/h1-16H,17-18H2/p+1. The van der Waals surface area contributed by atoms with Crippen molar-refractivity contribution in [2.45, 2.75) is 13.2 Å². The molecular weight excluding hydrogens is 320 g/mol. The maximum atomic E-state index is 5.95. The largest absolute Gasteiger partial charge is 0.481 e. The molecule has 1 N–H and O–H groups in total. The third-order valence-electron chi connectivity index (χ3n) is 4.32. The van der Waals surface area contributed by atoms with E-state index < -0.39 is 0 Å². The number of rotatable bonds is 6. The van der Waals surface area contributed by atoms with Crippen LogP contribution in [0.1, 0.15) is 11.4 Å². The van der Waals surface area contributed by atoms with Gasteiger partial charge in [-0.1, -0.05) is 66.7 Å². The lowest BCUT2D eigenvalue weighted by atomic mass is 10.2. The highest BCUT2D eigenvalue weighted by molar-refractivity contribution is 5.71. The second-order valence-electron chi connectivity index (χ2n) is 6.11. The van der Waals surface area contributed by atoms with Gasteiger partial charge in [-0.05, 0) is 35.9 Å². The lowest BCUT2D eigenvalue weighted by Gasteiger charge is -2.03. The average molecular weight is 341 g/mol. The molecule has 1 heterocycles. The first-order valence-electron chi connectivity index (χ1n) is 8.79. The van der Waals surface area contributed by atoms with Crippen molar-refractivity contribution in [1.82, 2.24) is 4.98 Å². The van der Waals surface area contributed by atoms with Crippen molar-refractivity contribution < 1.29 is 9.30 Å². The summed E-state index contributed by atoms with van der Waals surface area (Å²) < 4.78 is 8.21. The molecule has 0 saturated carbocycles. The van der Waals surface area contributed by atoms with E-state index in [9.17, 15) is 0 Å².